The molecule has 1 aliphatic heterocycles. The summed E-state index contributed by atoms with van der Waals surface area (Å²) in [7, 11) is 0. The van der Waals surface area contributed by atoms with Gasteiger partial charge in [-0.15, -0.1) is 6.42 Å². The minimum absolute atomic E-state index is 0.0535. The lowest BCUT2D eigenvalue weighted by molar-refractivity contribution is 0.0631. The second kappa shape index (κ2) is 5.81. The van der Waals surface area contributed by atoms with Crippen LogP contribution in [0.3, 0.4) is 0 Å². The number of rotatable bonds is 4. The number of nitrogens with one attached hydrogen (secondary N) is 1. The molecule has 1 aromatic heterocycles. The molecule has 0 aliphatic carbocycles. The van der Waals surface area contributed by atoms with Crippen LogP contribution in [0.25, 0.3) is 0 Å². The van der Waals surface area contributed by atoms with E-state index in [4.69, 9.17) is 10.8 Å². The van der Waals surface area contributed by atoms with Crippen molar-refractivity contribution in [3.8, 4) is 12.3 Å². The largest absolute Gasteiger partial charge is 0.467 e. The van der Waals surface area contributed by atoms with Crippen LogP contribution in [0.4, 0.5) is 0 Å². The van der Waals surface area contributed by atoms with Gasteiger partial charge in [0.1, 0.15) is 5.76 Å². The molecule has 0 fully saturated rings. The zero-order valence-corrected chi connectivity index (χ0v) is 12.0. The van der Waals surface area contributed by atoms with Crippen molar-refractivity contribution in [3.63, 3.8) is 0 Å². The third kappa shape index (κ3) is 2.60. The molecular weight excluding hydrogens is 296 g/mol. The highest BCUT2D eigenvalue weighted by Gasteiger charge is 2.36. The lowest BCUT2D eigenvalue weighted by Crippen LogP contribution is -2.28. The molecule has 1 aliphatic rings. The molecule has 0 saturated heterocycles. The molecule has 0 radical (unpaired) electrons. The zero-order chi connectivity index (χ0) is 16.4. The van der Waals surface area contributed by atoms with Gasteiger partial charge < -0.3 is 9.73 Å². The van der Waals surface area contributed by atoms with E-state index in [2.05, 4.69) is 11.2 Å². The maximum absolute atomic E-state index is 12.4. The Hall–Kier alpha value is -3.33. The van der Waals surface area contributed by atoms with Gasteiger partial charge in [0.05, 0.1) is 30.5 Å². The van der Waals surface area contributed by atoms with Crippen molar-refractivity contribution in [3.05, 3.63) is 59.0 Å². The molecule has 1 aromatic carbocycles. The number of hydrogen-bond donors (Lipinski definition) is 1. The lowest BCUT2D eigenvalue weighted by Gasteiger charge is -2.11. The number of furan rings is 1. The fourth-order valence-corrected chi connectivity index (χ4v) is 2.37. The highest BCUT2D eigenvalue weighted by Crippen LogP contribution is 2.25. The standard InChI is InChI=1S/C17H12N2O4/c1-2-7-18-15(20)11-5-6-13-14(9-11)17(22)19(16(13)21)10-12-4-3-8-23-12/h1,3-6,8-9H,7,10H2,(H,18,20). The van der Waals surface area contributed by atoms with Gasteiger partial charge in [-0.05, 0) is 30.3 Å². The Morgan fingerprint density at radius 1 is 1.22 bits per heavy atom. The molecule has 1 N–H and O–H groups in total. The van der Waals surface area contributed by atoms with Crippen molar-refractivity contribution in [2.24, 2.45) is 0 Å². The first kappa shape index (κ1) is 14.6. The first-order valence-electron chi connectivity index (χ1n) is 6.86. The first-order chi connectivity index (χ1) is 11.1. The van der Waals surface area contributed by atoms with E-state index in [1.807, 2.05) is 0 Å². The average molecular weight is 308 g/mol. The Morgan fingerprint density at radius 3 is 2.70 bits per heavy atom. The lowest BCUT2D eigenvalue weighted by atomic mass is 10.1. The minimum Gasteiger partial charge on any atom is -0.467 e. The van der Waals surface area contributed by atoms with Crippen LogP contribution in [0.5, 0.6) is 0 Å². The quantitative estimate of drug-likeness (QED) is 0.684. The van der Waals surface area contributed by atoms with Crippen LogP contribution >= 0.6 is 0 Å². The minimum atomic E-state index is -0.451. The fraction of sp³-hybridized carbons (Fsp3) is 0.118. The maximum atomic E-state index is 12.4. The second-order valence-corrected chi connectivity index (χ2v) is 4.92. The third-order valence-corrected chi connectivity index (χ3v) is 3.48. The second-order valence-electron chi connectivity index (χ2n) is 4.92. The fourth-order valence-electron chi connectivity index (χ4n) is 2.37. The number of carbonyl (C=O) groups is 3. The van der Waals surface area contributed by atoms with Gasteiger partial charge in [0, 0.05) is 5.56 Å². The molecule has 3 amide bonds. The highest BCUT2D eigenvalue weighted by molar-refractivity contribution is 6.21. The third-order valence-electron chi connectivity index (χ3n) is 3.48. The van der Waals surface area contributed by atoms with Crippen LogP contribution in [-0.2, 0) is 6.54 Å². The molecule has 2 aromatic rings. The van der Waals surface area contributed by atoms with E-state index in [0.717, 1.165) is 4.90 Å². The van der Waals surface area contributed by atoms with Gasteiger partial charge >= 0.3 is 0 Å². The van der Waals surface area contributed by atoms with Crippen molar-refractivity contribution in [2.75, 3.05) is 6.54 Å². The number of terminal acetylenes is 1. The summed E-state index contributed by atoms with van der Waals surface area (Å²) in [5.41, 5.74) is 0.755. The summed E-state index contributed by atoms with van der Waals surface area (Å²) in [4.78, 5) is 37.7. The predicted molar refractivity (Wildman–Crippen MR) is 80.5 cm³/mol. The van der Waals surface area contributed by atoms with Gasteiger partial charge in [0.2, 0.25) is 0 Å². The molecule has 6 heteroatoms. The smallest absolute Gasteiger partial charge is 0.261 e. The summed E-state index contributed by atoms with van der Waals surface area (Å²) in [6.07, 6.45) is 6.56. The molecule has 3 rings (SSSR count). The number of benzene rings is 1. The molecule has 0 spiro atoms. The Morgan fingerprint density at radius 2 is 2.00 bits per heavy atom. The Balaban J connectivity index is 1.87. The van der Waals surface area contributed by atoms with Crippen molar-refractivity contribution in [2.45, 2.75) is 6.54 Å². The molecule has 6 nitrogen and oxygen atoms in total. The van der Waals surface area contributed by atoms with E-state index < -0.39 is 17.7 Å². The van der Waals surface area contributed by atoms with Crippen LogP contribution in [0, 0.1) is 12.3 Å². The topological polar surface area (TPSA) is 79.6 Å². The van der Waals surface area contributed by atoms with E-state index in [1.165, 1.54) is 24.5 Å². The Kier molecular flexibility index (Phi) is 3.69. The van der Waals surface area contributed by atoms with E-state index in [0.29, 0.717) is 5.76 Å². The summed E-state index contributed by atoms with van der Waals surface area (Å²) in [6.45, 7) is 0.144. The van der Waals surface area contributed by atoms with Crippen molar-refractivity contribution >= 4 is 17.7 Å². The maximum Gasteiger partial charge on any atom is 0.261 e. The van der Waals surface area contributed by atoms with E-state index in [1.54, 1.807) is 12.1 Å². The van der Waals surface area contributed by atoms with Gasteiger partial charge in [0.15, 0.2) is 0 Å². The Labute approximate surface area is 132 Å². The predicted octanol–water partition coefficient (Wildman–Crippen LogP) is 1.44. The van der Waals surface area contributed by atoms with Gasteiger partial charge in [0.25, 0.3) is 17.7 Å². The molecule has 0 bridgehead atoms. The Bertz CT molecular complexity index is 831. The summed E-state index contributed by atoms with van der Waals surface area (Å²) < 4.78 is 5.17. The number of amides is 3. The number of carbonyl (C=O) groups excluding carboxylic acids is 3. The summed E-state index contributed by atoms with van der Waals surface area (Å²) >= 11 is 0. The summed E-state index contributed by atoms with van der Waals surface area (Å²) in [5, 5.41) is 2.51. The molecule has 2 heterocycles. The molecule has 0 unspecified atom stereocenters. The zero-order valence-electron chi connectivity index (χ0n) is 12.0. The van der Waals surface area contributed by atoms with Crippen LogP contribution < -0.4 is 5.32 Å². The molecule has 0 saturated carbocycles. The van der Waals surface area contributed by atoms with Crippen molar-refractivity contribution in [1.82, 2.24) is 10.2 Å². The van der Waals surface area contributed by atoms with E-state index in [-0.39, 0.29) is 29.8 Å². The molecule has 114 valence electrons. The van der Waals surface area contributed by atoms with Gasteiger partial charge in [-0.1, -0.05) is 5.92 Å². The van der Waals surface area contributed by atoms with Crippen molar-refractivity contribution < 1.29 is 18.8 Å². The summed E-state index contributed by atoms with van der Waals surface area (Å²) in [6, 6.07) is 7.74. The molecule has 23 heavy (non-hydrogen) atoms. The van der Waals surface area contributed by atoms with E-state index in [9.17, 15) is 14.4 Å². The number of fused-ring (bicyclic) bond motifs is 1. The molecular formula is C17H12N2O4. The van der Waals surface area contributed by atoms with Crippen molar-refractivity contribution in [1.29, 1.82) is 0 Å². The summed E-state index contributed by atoms with van der Waals surface area (Å²) in [5.74, 6) is 1.55. The van der Waals surface area contributed by atoms with E-state index >= 15 is 0 Å². The molecule has 0 atom stereocenters. The van der Waals surface area contributed by atoms with Crippen LogP contribution in [0.1, 0.15) is 36.8 Å². The van der Waals surface area contributed by atoms with Crippen LogP contribution in [0.2, 0.25) is 0 Å². The number of nitrogens with zero attached hydrogens (tertiary/aromatic N) is 1. The van der Waals surface area contributed by atoms with Gasteiger partial charge in [-0.25, -0.2) is 0 Å². The average Bonchev–Trinajstić information content (AvgIpc) is 3.15. The monoisotopic (exact) mass is 308 g/mol. The number of imide groups is 1. The number of hydrogen-bond acceptors (Lipinski definition) is 4. The van der Waals surface area contributed by atoms with Crippen LogP contribution in [-0.4, -0.2) is 29.2 Å². The SMILES string of the molecule is C#CCNC(=O)c1ccc2c(c1)C(=O)N(Cc1ccco1)C2=O. The van der Waals surface area contributed by atoms with Gasteiger partial charge in [-0.2, -0.15) is 0 Å². The van der Waals surface area contributed by atoms with Gasteiger partial charge in [-0.3, -0.25) is 19.3 Å². The highest BCUT2D eigenvalue weighted by atomic mass is 16.3. The first-order valence-corrected chi connectivity index (χ1v) is 6.86. The normalized spacial score (nSPS) is 12.9. The van der Waals surface area contributed by atoms with Crippen LogP contribution in [0.15, 0.2) is 41.0 Å².